The van der Waals surface area contributed by atoms with Gasteiger partial charge in [0.1, 0.15) is 23.6 Å². The first-order chi connectivity index (χ1) is 17.5. The zero-order chi connectivity index (χ0) is 25.3. The molecule has 0 amide bonds. The van der Waals surface area contributed by atoms with Crippen molar-refractivity contribution < 1.29 is 23.0 Å². The fourth-order valence-corrected chi connectivity index (χ4v) is 4.56. The zero-order valence-electron chi connectivity index (χ0n) is 21.1. The van der Waals surface area contributed by atoms with E-state index in [9.17, 15) is 18.3 Å². The van der Waals surface area contributed by atoms with E-state index in [0.717, 1.165) is 62.4 Å². The smallest absolute Gasteiger partial charge is 0.123 e. The molecule has 3 aromatic rings. The van der Waals surface area contributed by atoms with E-state index in [1.165, 1.54) is 36.4 Å². The molecule has 1 aliphatic heterocycles. The summed E-state index contributed by atoms with van der Waals surface area (Å²) in [7, 11) is 0. The van der Waals surface area contributed by atoms with E-state index in [1.807, 2.05) is 0 Å². The van der Waals surface area contributed by atoms with Crippen molar-refractivity contribution in [2.24, 2.45) is 0 Å². The highest BCUT2D eigenvalue weighted by Crippen LogP contribution is 2.26. The first kappa shape index (κ1) is 32.1. The van der Waals surface area contributed by atoms with Crippen LogP contribution < -0.4 is 0 Å². The SMILES string of the molecule is Cl.Cl.OC(CCCN1CCN(CCOC(c2ccc(F)cc2)c2ccc(F)cc2)CC1)c1ccc(F)cc1. The summed E-state index contributed by atoms with van der Waals surface area (Å²) < 4.78 is 46.1. The second-order valence-electron chi connectivity index (χ2n) is 9.25. The maximum absolute atomic E-state index is 13.4. The minimum absolute atomic E-state index is 0. The molecule has 0 aromatic heterocycles. The maximum atomic E-state index is 13.4. The maximum Gasteiger partial charge on any atom is 0.123 e. The summed E-state index contributed by atoms with van der Waals surface area (Å²) in [6.07, 6.45) is 0.561. The lowest BCUT2D eigenvalue weighted by Crippen LogP contribution is -2.47. The van der Waals surface area contributed by atoms with Gasteiger partial charge in [-0.15, -0.1) is 24.8 Å². The summed E-state index contributed by atoms with van der Waals surface area (Å²) in [6, 6.07) is 18.5. The average molecular weight is 572 g/mol. The predicted octanol–water partition coefficient (Wildman–Crippen LogP) is 6.18. The summed E-state index contributed by atoms with van der Waals surface area (Å²) in [6.45, 7) is 5.96. The van der Waals surface area contributed by atoms with Gasteiger partial charge in [-0.3, -0.25) is 4.90 Å². The second-order valence-corrected chi connectivity index (χ2v) is 9.25. The van der Waals surface area contributed by atoms with Crippen molar-refractivity contribution in [3.63, 3.8) is 0 Å². The van der Waals surface area contributed by atoms with Crippen LogP contribution in [-0.2, 0) is 4.74 Å². The molecular weight excluding hydrogens is 536 g/mol. The Kier molecular flexibility index (Phi) is 13.6. The van der Waals surface area contributed by atoms with Gasteiger partial charge in [0.25, 0.3) is 0 Å². The van der Waals surface area contributed by atoms with Gasteiger partial charge in [-0.05, 0) is 72.5 Å². The molecule has 4 nitrogen and oxygen atoms in total. The van der Waals surface area contributed by atoms with E-state index in [1.54, 1.807) is 36.4 Å². The van der Waals surface area contributed by atoms with Crippen LogP contribution in [0.2, 0.25) is 0 Å². The number of aliphatic hydroxyl groups excluding tert-OH is 1. The van der Waals surface area contributed by atoms with Crippen molar-refractivity contribution in [3.8, 4) is 0 Å². The van der Waals surface area contributed by atoms with Crippen LogP contribution >= 0.6 is 24.8 Å². The zero-order valence-corrected chi connectivity index (χ0v) is 22.8. The van der Waals surface area contributed by atoms with Gasteiger partial charge in [-0.1, -0.05) is 36.4 Å². The molecule has 0 spiro atoms. The molecule has 4 rings (SSSR count). The van der Waals surface area contributed by atoms with Crippen LogP contribution in [0, 0.1) is 17.5 Å². The molecule has 1 heterocycles. The number of hydrogen-bond donors (Lipinski definition) is 1. The van der Waals surface area contributed by atoms with Crippen LogP contribution in [0.1, 0.15) is 41.7 Å². The van der Waals surface area contributed by atoms with Crippen molar-refractivity contribution in [2.75, 3.05) is 45.9 Å². The van der Waals surface area contributed by atoms with E-state index in [0.29, 0.717) is 13.0 Å². The number of hydrogen-bond acceptors (Lipinski definition) is 4. The van der Waals surface area contributed by atoms with Crippen molar-refractivity contribution in [2.45, 2.75) is 25.0 Å². The van der Waals surface area contributed by atoms with Gasteiger partial charge in [0.05, 0.1) is 12.7 Å². The van der Waals surface area contributed by atoms with E-state index in [2.05, 4.69) is 9.80 Å². The Hall–Kier alpha value is -2.13. The normalized spacial score (nSPS) is 15.1. The van der Waals surface area contributed by atoms with Gasteiger partial charge in [0, 0.05) is 32.7 Å². The van der Waals surface area contributed by atoms with Crippen molar-refractivity contribution in [1.82, 2.24) is 9.80 Å². The first-order valence-electron chi connectivity index (χ1n) is 12.5. The number of piperazine rings is 1. The van der Waals surface area contributed by atoms with Gasteiger partial charge in [-0.2, -0.15) is 0 Å². The highest BCUT2D eigenvalue weighted by molar-refractivity contribution is 5.85. The highest BCUT2D eigenvalue weighted by atomic mass is 35.5. The average Bonchev–Trinajstić information content (AvgIpc) is 2.89. The van der Waals surface area contributed by atoms with Gasteiger partial charge in [0.15, 0.2) is 0 Å². The summed E-state index contributed by atoms with van der Waals surface area (Å²) >= 11 is 0. The van der Waals surface area contributed by atoms with Crippen LogP contribution in [0.5, 0.6) is 0 Å². The Labute approximate surface area is 235 Å². The molecule has 9 heteroatoms. The molecule has 1 atom stereocenters. The Morgan fingerprint density at radius 1 is 0.632 bits per heavy atom. The lowest BCUT2D eigenvalue weighted by Gasteiger charge is -2.35. The van der Waals surface area contributed by atoms with Crippen LogP contribution in [0.4, 0.5) is 13.2 Å². The topological polar surface area (TPSA) is 35.9 Å². The molecule has 208 valence electrons. The molecule has 1 N–H and O–H groups in total. The summed E-state index contributed by atoms with van der Waals surface area (Å²) in [5.74, 6) is -0.908. The number of aliphatic hydroxyl groups is 1. The standard InChI is InChI=1S/C29H33F3N2O2.2ClH/c30-25-9-3-22(4-10-25)28(35)2-1-15-33-16-18-34(19-17-33)20-21-36-29(23-5-11-26(31)12-6-23)24-7-13-27(32)14-8-24;;/h3-14,28-29,35H,1-2,15-21H2;2*1H. The molecule has 0 aliphatic carbocycles. The Morgan fingerprint density at radius 3 is 1.47 bits per heavy atom. The molecule has 0 saturated carbocycles. The van der Waals surface area contributed by atoms with Gasteiger partial charge in [-0.25, -0.2) is 13.2 Å². The molecule has 1 saturated heterocycles. The van der Waals surface area contributed by atoms with E-state index in [4.69, 9.17) is 4.74 Å². The fraction of sp³-hybridized carbons (Fsp3) is 0.379. The van der Waals surface area contributed by atoms with Gasteiger partial charge >= 0.3 is 0 Å². The van der Waals surface area contributed by atoms with Crippen molar-refractivity contribution >= 4 is 24.8 Å². The molecule has 38 heavy (non-hydrogen) atoms. The Balaban J connectivity index is 0.00000253. The van der Waals surface area contributed by atoms with Crippen molar-refractivity contribution in [3.05, 3.63) is 107 Å². The first-order valence-corrected chi connectivity index (χ1v) is 12.5. The summed E-state index contributed by atoms with van der Waals surface area (Å²) in [4.78, 5) is 4.75. The lowest BCUT2D eigenvalue weighted by atomic mass is 10.0. The third-order valence-corrected chi connectivity index (χ3v) is 6.71. The van der Waals surface area contributed by atoms with Crippen LogP contribution in [0.3, 0.4) is 0 Å². The van der Waals surface area contributed by atoms with Gasteiger partial charge < -0.3 is 14.7 Å². The quantitative estimate of drug-likeness (QED) is 0.298. The van der Waals surface area contributed by atoms with Crippen LogP contribution in [0.15, 0.2) is 72.8 Å². The molecule has 3 aromatic carbocycles. The van der Waals surface area contributed by atoms with E-state index in [-0.39, 0.29) is 48.4 Å². The number of rotatable bonds is 11. The number of nitrogens with zero attached hydrogens (tertiary/aromatic N) is 2. The largest absolute Gasteiger partial charge is 0.388 e. The van der Waals surface area contributed by atoms with Crippen molar-refractivity contribution in [1.29, 1.82) is 0 Å². The van der Waals surface area contributed by atoms with Crippen LogP contribution in [0.25, 0.3) is 0 Å². The number of ether oxygens (including phenoxy) is 1. The summed E-state index contributed by atoms with van der Waals surface area (Å²) in [5.41, 5.74) is 2.41. The third-order valence-electron chi connectivity index (χ3n) is 6.71. The second kappa shape index (κ2) is 16.1. The Bertz CT molecular complexity index is 1020. The third kappa shape index (κ3) is 9.56. The Morgan fingerprint density at radius 2 is 1.03 bits per heavy atom. The molecule has 1 aliphatic rings. The monoisotopic (exact) mass is 570 g/mol. The minimum Gasteiger partial charge on any atom is -0.388 e. The molecule has 0 radical (unpaired) electrons. The summed E-state index contributed by atoms with van der Waals surface area (Å²) in [5, 5.41) is 10.3. The number of benzene rings is 3. The predicted molar refractivity (Wildman–Crippen MR) is 149 cm³/mol. The van der Waals surface area contributed by atoms with Gasteiger partial charge in [0.2, 0.25) is 0 Å². The highest BCUT2D eigenvalue weighted by Gasteiger charge is 2.19. The minimum atomic E-state index is -0.570. The molecule has 0 bridgehead atoms. The molecule has 1 fully saturated rings. The number of halogens is 5. The van der Waals surface area contributed by atoms with E-state index >= 15 is 0 Å². The molecular formula is C29H35Cl2F3N2O2. The fourth-order valence-electron chi connectivity index (χ4n) is 4.56. The molecule has 1 unspecified atom stereocenters. The van der Waals surface area contributed by atoms with E-state index < -0.39 is 6.10 Å². The lowest BCUT2D eigenvalue weighted by molar-refractivity contribution is 0.0443. The van der Waals surface area contributed by atoms with Crippen LogP contribution in [-0.4, -0.2) is 60.8 Å².